The fourth-order valence-electron chi connectivity index (χ4n) is 3.89. The molecule has 8 nitrogen and oxygen atoms in total. The van der Waals surface area contributed by atoms with Gasteiger partial charge in [0.2, 0.25) is 5.91 Å². The first kappa shape index (κ1) is 22.6. The van der Waals surface area contributed by atoms with Crippen molar-refractivity contribution >= 4 is 17.8 Å². The van der Waals surface area contributed by atoms with Crippen LogP contribution < -0.4 is 10.6 Å². The molecule has 1 aliphatic rings. The topological polar surface area (TPSA) is 94.9 Å². The summed E-state index contributed by atoms with van der Waals surface area (Å²) in [5, 5.41) is 5.58. The minimum absolute atomic E-state index is 0.130. The third kappa shape index (κ3) is 4.64. The summed E-state index contributed by atoms with van der Waals surface area (Å²) in [6.45, 7) is 9.25. The van der Waals surface area contributed by atoms with E-state index < -0.39 is 23.4 Å². The first-order chi connectivity index (χ1) is 14.8. The normalized spacial score (nSPS) is 19.6. The Morgan fingerprint density at radius 1 is 1.19 bits per heavy atom. The number of nitrogens with zero attached hydrogens (tertiary/aromatic N) is 2. The molecule has 2 atom stereocenters. The molecule has 2 aromatic rings. The van der Waals surface area contributed by atoms with Gasteiger partial charge in [-0.15, -0.1) is 0 Å². The molecule has 8 heteroatoms. The molecule has 1 saturated heterocycles. The zero-order chi connectivity index (χ0) is 22.6. The van der Waals surface area contributed by atoms with E-state index in [1.54, 1.807) is 13.2 Å². The molecule has 1 aliphatic heterocycles. The number of furan rings is 1. The van der Waals surface area contributed by atoms with Crippen LogP contribution in [-0.4, -0.2) is 53.8 Å². The quantitative estimate of drug-likeness (QED) is 0.601. The summed E-state index contributed by atoms with van der Waals surface area (Å²) < 4.78 is 5.54. The van der Waals surface area contributed by atoms with E-state index in [4.69, 9.17) is 4.42 Å². The van der Waals surface area contributed by atoms with Crippen molar-refractivity contribution in [3.8, 4) is 0 Å². The molecule has 4 amide bonds. The number of carbonyl (C=O) groups excluding carboxylic acids is 3. The van der Waals surface area contributed by atoms with E-state index in [1.807, 2.05) is 57.2 Å². The maximum Gasteiger partial charge on any atom is 0.325 e. The Bertz CT molecular complexity index is 922. The number of hydrogen-bond donors (Lipinski definition) is 2. The molecule has 1 aromatic heterocycles. The highest BCUT2D eigenvalue weighted by Gasteiger charge is 2.49. The molecule has 2 N–H and O–H groups in total. The van der Waals surface area contributed by atoms with Gasteiger partial charge in [-0.05, 0) is 44.6 Å². The van der Waals surface area contributed by atoms with E-state index in [0.29, 0.717) is 12.1 Å². The number of imide groups is 1. The first-order valence-corrected chi connectivity index (χ1v) is 10.6. The molecule has 0 spiro atoms. The second-order valence-electron chi connectivity index (χ2n) is 7.87. The zero-order valence-electron chi connectivity index (χ0n) is 18.5. The Hall–Kier alpha value is -3.13. The number of aryl methyl sites for hydroxylation is 1. The van der Waals surface area contributed by atoms with Crippen LogP contribution >= 0.6 is 0 Å². The lowest BCUT2D eigenvalue weighted by Crippen LogP contribution is -2.45. The fraction of sp³-hybridized carbons (Fsp3) is 0.435. The van der Waals surface area contributed by atoms with Crippen molar-refractivity contribution in [2.24, 2.45) is 0 Å². The highest BCUT2D eigenvalue weighted by Crippen LogP contribution is 2.29. The number of benzene rings is 1. The van der Waals surface area contributed by atoms with Crippen molar-refractivity contribution < 1.29 is 18.8 Å². The number of nitrogens with one attached hydrogen (secondary N) is 2. The van der Waals surface area contributed by atoms with E-state index in [-0.39, 0.29) is 12.6 Å². The second-order valence-corrected chi connectivity index (χ2v) is 7.87. The predicted molar refractivity (Wildman–Crippen MR) is 116 cm³/mol. The van der Waals surface area contributed by atoms with Crippen LogP contribution in [0.3, 0.4) is 0 Å². The average Bonchev–Trinajstić information content (AvgIpc) is 3.35. The first-order valence-electron chi connectivity index (χ1n) is 10.6. The van der Waals surface area contributed by atoms with Gasteiger partial charge in [-0.2, -0.15) is 0 Å². The summed E-state index contributed by atoms with van der Waals surface area (Å²) in [5.74, 6) is -0.0888. The Labute approximate surface area is 182 Å². The smallest absolute Gasteiger partial charge is 0.325 e. The van der Waals surface area contributed by atoms with Crippen molar-refractivity contribution in [3.05, 3.63) is 59.5 Å². The average molecular weight is 427 g/mol. The standard InChI is InChI=1S/C23H30N4O4/c1-5-26(6-2)18(19-8-7-13-31-19)14-24-20(28)15-27-21(29)23(4,25-22(27)30)17-11-9-16(3)10-12-17/h7-13,18H,5-6,14-15H2,1-4H3,(H,24,28)(H,25,30). The Morgan fingerprint density at radius 3 is 2.45 bits per heavy atom. The van der Waals surface area contributed by atoms with Crippen LogP contribution in [0.5, 0.6) is 0 Å². The summed E-state index contributed by atoms with van der Waals surface area (Å²) >= 11 is 0. The van der Waals surface area contributed by atoms with Crippen molar-refractivity contribution in [1.82, 2.24) is 20.4 Å². The van der Waals surface area contributed by atoms with Crippen LogP contribution in [0.25, 0.3) is 0 Å². The maximum atomic E-state index is 13.0. The molecular weight excluding hydrogens is 396 g/mol. The minimum Gasteiger partial charge on any atom is -0.468 e. The van der Waals surface area contributed by atoms with Crippen LogP contribution in [0.15, 0.2) is 47.1 Å². The number of likely N-dealkylation sites (N-methyl/N-ethyl adjacent to an activating group) is 1. The third-order valence-electron chi connectivity index (χ3n) is 5.82. The van der Waals surface area contributed by atoms with E-state index in [0.717, 1.165) is 29.3 Å². The molecule has 166 valence electrons. The van der Waals surface area contributed by atoms with Crippen molar-refractivity contribution in [2.75, 3.05) is 26.2 Å². The van der Waals surface area contributed by atoms with Gasteiger partial charge < -0.3 is 15.1 Å². The summed E-state index contributed by atoms with van der Waals surface area (Å²) in [4.78, 5) is 41.3. The van der Waals surface area contributed by atoms with Gasteiger partial charge in [0.15, 0.2) is 0 Å². The van der Waals surface area contributed by atoms with Crippen molar-refractivity contribution in [1.29, 1.82) is 0 Å². The van der Waals surface area contributed by atoms with Gasteiger partial charge in [0.05, 0.1) is 12.3 Å². The Morgan fingerprint density at radius 2 is 1.87 bits per heavy atom. The Balaban J connectivity index is 1.66. The summed E-state index contributed by atoms with van der Waals surface area (Å²) in [7, 11) is 0. The molecule has 2 unspecified atom stereocenters. The van der Waals surface area contributed by atoms with Crippen LogP contribution in [0.1, 0.15) is 43.7 Å². The molecule has 0 saturated carbocycles. The second kappa shape index (κ2) is 9.34. The van der Waals surface area contributed by atoms with Crippen LogP contribution in [0.2, 0.25) is 0 Å². The molecular formula is C23H30N4O4. The maximum absolute atomic E-state index is 13.0. The highest BCUT2D eigenvalue weighted by molar-refractivity contribution is 6.09. The summed E-state index contributed by atoms with van der Waals surface area (Å²) in [6, 6.07) is 10.4. The highest BCUT2D eigenvalue weighted by atomic mass is 16.3. The van der Waals surface area contributed by atoms with E-state index in [9.17, 15) is 14.4 Å². The summed E-state index contributed by atoms with van der Waals surface area (Å²) in [5.41, 5.74) is 0.543. The largest absolute Gasteiger partial charge is 0.468 e. The fourth-order valence-corrected chi connectivity index (χ4v) is 3.89. The van der Waals surface area contributed by atoms with Gasteiger partial charge in [0.25, 0.3) is 5.91 Å². The molecule has 2 heterocycles. The van der Waals surface area contributed by atoms with Gasteiger partial charge in [0, 0.05) is 6.54 Å². The number of amides is 4. The van der Waals surface area contributed by atoms with E-state index in [1.165, 1.54) is 0 Å². The molecule has 3 rings (SSSR count). The van der Waals surface area contributed by atoms with Crippen LogP contribution in [0.4, 0.5) is 4.79 Å². The van der Waals surface area contributed by atoms with Gasteiger partial charge in [0.1, 0.15) is 17.8 Å². The molecule has 1 aromatic carbocycles. The minimum atomic E-state index is -1.19. The number of urea groups is 1. The van der Waals surface area contributed by atoms with Gasteiger partial charge in [-0.3, -0.25) is 19.4 Å². The van der Waals surface area contributed by atoms with Crippen molar-refractivity contribution in [3.63, 3.8) is 0 Å². The van der Waals surface area contributed by atoms with Crippen LogP contribution in [-0.2, 0) is 15.1 Å². The number of carbonyl (C=O) groups is 3. The molecule has 0 bridgehead atoms. The monoisotopic (exact) mass is 426 g/mol. The molecule has 31 heavy (non-hydrogen) atoms. The third-order valence-corrected chi connectivity index (χ3v) is 5.82. The number of rotatable bonds is 9. The molecule has 0 aliphatic carbocycles. The zero-order valence-corrected chi connectivity index (χ0v) is 18.5. The van der Waals surface area contributed by atoms with Crippen molar-refractivity contribution in [2.45, 2.75) is 39.3 Å². The molecule has 0 radical (unpaired) electrons. The van der Waals surface area contributed by atoms with E-state index >= 15 is 0 Å². The lowest BCUT2D eigenvalue weighted by molar-refractivity contribution is -0.134. The molecule has 1 fully saturated rings. The van der Waals surface area contributed by atoms with E-state index in [2.05, 4.69) is 15.5 Å². The Kier molecular flexibility index (Phi) is 6.80. The number of hydrogen-bond acceptors (Lipinski definition) is 5. The van der Waals surface area contributed by atoms with Gasteiger partial charge in [-0.25, -0.2) is 4.79 Å². The SMILES string of the molecule is CCN(CC)C(CNC(=O)CN1C(=O)NC(C)(c2ccc(C)cc2)C1=O)c1ccco1. The lowest BCUT2D eigenvalue weighted by Gasteiger charge is -2.28. The predicted octanol–water partition coefficient (Wildman–Crippen LogP) is 2.55. The summed E-state index contributed by atoms with van der Waals surface area (Å²) in [6.07, 6.45) is 1.60. The van der Waals surface area contributed by atoms with Gasteiger partial charge >= 0.3 is 6.03 Å². The van der Waals surface area contributed by atoms with Crippen LogP contribution in [0, 0.1) is 6.92 Å². The lowest BCUT2D eigenvalue weighted by atomic mass is 9.91. The van der Waals surface area contributed by atoms with Gasteiger partial charge in [-0.1, -0.05) is 43.7 Å².